The maximum Gasteiger partial charge on any atom is 0.266 e. The molecule has 1 N–H and O–H groups in total. The van der Waals surface area contributed by atoms with E-state index in [1.807, 2.05) is 30.3 Å². The highest BCUT2D eigenvalue weighted by Crippen LogP contribution is 2.27. The summed E-state index contributed by atoms with van der Waals surface area (Å²) in [6.45, 7) is 3.10. The van der Waals surface area contributed by atoms with Crippen molar-refractivity contribution in [1.29, 1.82) is 5.26 Å². The van der Waals surface area contributed by atoms with Gasteiger partial charge in [0.1, 0.15) is 11.6 Å². The van der Waals surface area contributed by atoms with Crippen LogP contribution in [0.15, 0.2) is 48.0 Å². The summed E-state index contributed by atoms with van der Waals surface area (Å²) in [6.07, 6.45) is 1.42. The standard InChI is InChI=1S/C20H17Cl2N3O2/c21-18-3-1-2-14(19(18)22)12-15(13-23)20(26)24-16-4-6-17(7-5-16)25-8-10-27-11-9-25/h1-7,12H,8-11H2,(H,24,26)/b15-12+. The van der Waals surface area contributed by atoms with Crippen molar-refractivity contribution in [2.24, 2.45) is 0 Å². The molecule has 0 radical (unpaired) electrons. The number of halogens is 2. The van der Waals surface area contributed by atoms with Crippen molar-refractivity contribution in [3.63, 3.8) is 0 Å². The molecule has 1 heterocycles. The maximum absolute atomic E-state index is 12.4. The fourth-order valence-corrected chi connectivity index (χ4v) is 3.07. The zero-order valence-electron chi connectivity index (χ0n) is 14.4. The molecule has 1 saturated heterocycles. The van der Waals surface area contributed by atoms with Crippen molar-refractivity contribution < 1.29 is 9.53 Å². The van der Waals surface area contributed by atoms with Gasteiger partial charge in [-0.25, -0.2) is 0 Å². The van der Waals surface area contributed by atoms with Crippen molar-refractivity contribution >= 4 is 46.6 Å². The van der Waals surface area contributed by atoms with E-state index in [1.165, 1.54) is 6.08 Å². The molecule has 1 aliphatic rings. The lowest BCUT2D eigenvalue weighted by Crippen LogP contribution is -2.36. The lowest BCUT2D eigenvalue weighted by molar-refractivity contribution is -0.112. The van der Waals surface area contributed by atoms with Gasteiger partial charge in [0.25, 0.3) is 5.91 Å². The molecule has 5 nitrogen and oxygen atoms in total. The second kappa shape index (κ2) is 8.92. The molecule has 7 heteroatoms. The van der Waals surface area contributed by atoms with Gasteiger partial charge in [-0.05, 0) is 42.0 Å². The number of carbonyl (C=O) groups is 1. The quantitative estimate of drug-likeness (QED) is 0.609. The second-order valence-corrected chi connectivity index (χ2v) is 6.70. The van der Waals surface area contributed by atoms with Crippen molar-refractivity contribution in [3.05, 3.63) is 63.6 Å². The minimum Gasteiger partial charge on any atom is -0.378 e. The van der Waals surface area contributed by atoms with Crippen LogP contribution in [0.3, 0.4) is 0 Å². The first-order valence-electron chi connectivity index (χ1n) is 8.38. The Morgan fingerprint density at radius 1 is 1.15 bits per heavy atom. The van der Waals surface area contributed by atoms with Crippen molar-refractivity contribution in [2.45, 2.75) is 0 Å². The van der Waals surface area contributed by atoms with Crippen LogP contribution in [0.5, 0.6) is 0 Å². The molecule has 1 fully saturated rings. The van der Waals surface area contributed by atoms with Gasteiger partial charge < -0.3 is 15.0 Å². The molecule has 0 aliphatic carbocycles. The number of ether oxygens (including phenoxy) is 1. The van der Waals surface area contributed by atoms with E-state index in [-0.39, 0.29) is 5.57 Å². The van der Waals surface area contributed by atoms with Crippen LogP contribution in [-0.2, 0) is 9.53 Å². The van der Waals surface area contributed by atoms with Gasteiger partial charge in [0.2, 0.25) is 0 Å². The first kappa shape index (κ1) is 19.2. The number of nitriles is 1. The van der Waals surface area contributed by atoms with Crippen LogP contribution in [0.25, 0.3) is 6.08 Å². The van der Waals surface area contributed by atoms with Crippen molar-refractivity contribution in [2.75, 3.05) is 36.5 Å². The van der Waals surface area contributed by atoms with Crippen LogP contribution in [0.4, 0.5) is 11.4 Å². The Kier molecular flexibility index (Phi) is 6.36. The zero-order valence-corrected chi connectivity index (χ0v) is 15.9. The molecule has 1 aliphatic heterocycles. The third kappa shape index (κ3) is 4.81. The molecular weight excluding hydrogens is 385 g/mol. The van der Waals surface area contributed by atoms with Gasteiger partial charge in [-0.1, -0.05) is 35.3 Å². The van der Waals surface area contributed by atoms with E-state index in [4.69, 9.17) is 27.9 Å². The minimum absolute atomic E-state index is 0.0589. The van der Waals surface area contributed by atoms with E-state index < -0.39 is 5.91 Å². The van der Waals surface area contributed by atoms with Crippen LogP contribution in [0.2, 0.25) is 10.0 Å². The molecule has 0 saturated carbocycles. The molecule has 0 spiro atoms. The number of morpholine rings is 1. The zero-order chi connectivity index (χ0) is 19.2. The molecule has 2 aromatic rings. The van der Waals surface area contributed by atoms with Crippen LogP contribution in [0, 0.1) is 11.3 Å². The first-order valence-corrected chi connectivity index (χ1v) is 9.14. The predicted molar refractivity (Wildman–Crippen MR) is 108 cm³/mol. The van der Waals surface area contributed by atoms with E-state index in [2.05, 4.69) is 10.2 Å². The second-order valence-electron chi connectivity index (χ2n) is 5.91. The molecule has 1 amide bonds. The number of nitrogens with zero attached hydrogens (tertiary/aromatic N) is 2. The van der Waals surface area contributed by atoms with Gasteiger partial charge in [0.15, 0.2) is 0 Å². The summed E-state index contributed by atoms with van der Waals surface area (Å²) in [5.74, 6) is -0.507. The molecule has 0 unspecified atom stereocenters. The van der Waals surface area contributed by atoms with Gasteiger partial charge >= 0.3 is 0 Å². The number of anilines is 2. The molecule has 0 atom stereocenters. The highest BCUT2D eigenvalue weighted by Gasteiger charge is 2.13. The Hall–Kier alpha value is -2.52. The summed E-state index contributed by atoms with van der Waals surface area (Å²) in [4.78, 5) is 14.6. The van der Waals surface area contributed by atoms with Gasteiger partial charge in [-0.2, -0.15) is 5.26 Å². The third-order valence-electron chi connectivity index (χ3n) is 4.15. The van der Waals surface area contributed by atoms with E-state index in [1.54, 1.807) is 18.2 Å². The predicted octanol–water partition coefficient (Wildman–Crippen LogP) is 4.38. The summed E-state index contributed by atoms with van der Waals surface area (Å²) in [5, 5.41) is 12.7. The van der Waals surface area contributed by atoms with Crippen molar-refractivity contribution in [3.8, 4) is 6.07 Å². The van der Waals surface area contributed by atoms with Gasteiger partial charge in [0.05, 0.1) is 23.3 Å². The number of benzene rings is 2. The SMILES string of the molecule is N#C/C(=C\c1cccc(Cl)c1Cl)C(=O)Nc1ccc(N2CCOCC2)cc1. The Bertz CT molecular complexity index is 898. The van der Waals surface area contributed by atoms with Crippen LogP contribution >= 0.6 is 23.2 Å². The first-order chi connectivity index (χ1) is 13.1. The van der Waals surface area contributed by atoms with E-state index >= 15 is 0 Å². The van der Waals surface area contributed by atoms with Crippen LogP contribution < -0.4 is 10.2 Å². The van der Waals surface area contributed by atoms with Gasteiger partial charge in [-0.15, -0.1) is 0 Å². The average Bonchev–Trinajstić information content (AvgIpc) is 2.70. The number of amides is 1. The number of hydrogen-bond acceptors (Lipinski definition) is 4. The molecular formula is C20H17Cl2N3O2. The molecule has 27 heavy (non-hydrogen) atoms. The van der Waals surface area contributed by atoms with Crippen LogP contribution in [0.1, 0.15) is 5.56 Å². The topological polar surface area (TPSA) is 65.4 Å². The minimum atomic E-state index is -0.507. The van der Waals surface area contributed by atoms with E-state index in [9.17, 15) is 10.1 Å². The molecule has 3 rings (SSSR count). The fourth-order valence-electron chi connectivity index (χ4n) is 2.71. The molecule has 0 bridgehead atoms. The Labute approximate surface area is 167 Å². The smallest absolute Gasteiger partial charge is 0.266 e. The summed E-state index contributed by atoms with van der Waals surface area (Å²) in [6, 6.07) is 14.4. The van der Waals surface area contributed by atoms with Crippen LogP contribution in [-0.4, -0.2) is 32.2 Å². The highest BCUT2D eigenvalue weighted by atomic mass is 35.5. The number of nitrogens with one attached hydrogen (secondary N) is 1. The molecule has 2 aromatic carbocycles. The Morgan fingerprint density at radius 3 is 2.52 bits per heavy atom. The Balaban J connectivity index is 1.72. The highest BCUT2D eigenvalue weighted by molar-refractivity contribution is 6.43. The van der Waals surface area contributed by atoms with Crippen molar-refractivity contribution in [1.82, 2.24) is 0 Å². The summed E-state index contributed by atoms with van der Waals surface area (Å²) < 4.78 is 5.35. The Morgan fingerprint density at radius 2 is 1.85 bits per heavy atom. The lowest BCUT2D eigenvalue weighted by Gasteiger charge is -2.28. The number of hydrogen-bond donors (Lipinski definition) is 1. The summed E-state index contributed by atoms with van der Waals surface area (Å²) in [7, 11) is 0. The molecule has 0 aromatic heterocycles. The van der Waals surface area contributed by atoms with Gasteiger partial charge in [-0.3, -0.25) is 4.79 Å². The monoisotopic (exact) mass is 401 g/mol. The number of rotatable bonds is 4. The normalized spacial score (nSPS) is 14.6. The average molecular weight is 402 g/mol. The molecule has 138 valence electrons. The number of carbonyl (C=O) groups excluding carboxylic acids is 1. The fraction of sp³-hybridized carbons (Fsp3) is 0.200. The van der Waals surface area contributed by atoms with E-state index in [0.29, 0.717) is 34.5 Å². The maximum atomic E-state index is 12.4. The van der Waals surface area contributed by atoms with E-state index in [0.717, 1.165) is 18.8 Å². The van der Waals surface area contributed by atoms with Gasteiger partial charge in [0, 0.05) is 24.5 Å². The summed E-state index contributed by atoms with van der Waals surface area (Å²) >= 11 is 12.1. The largest absolute Gasteiger partial charge is 0.378 e. The third-order valence-corrected chi connectivity index (χ3v) is 4.98. The summed E-state index contributed by atoms with van der Waals surface area (Å²) in [5.41, 5.74) is 2.13. The lowest BCUT2D eigenvalue weighted by atomic mass is 10.1.